The predicted molar refractivity (Wildman–Crippen MR) is 86.8 cm³/mol. The highest BCUT2D eigenvalue weighted by atomic mass is 16.5. The van der Waals surface area contributed by atoms with E-state index in [1.807, 2.05) is 13.8 Å². The molecule has 2 atom stereocenters. The third-order valence-corrected chi connectivity index (χ3v) is 3.29. The number of rotatable bonds is 7. The van der Waals surface area contributed by atoms with Gasteiger partial charge in [0, 0.05) is 5.56 Å². The minimum atomic E-state index is -0.762. The Balaban J connectivity index is 2.64. The molecule has 0 bridgehead atoms. The van der Waals surface area contributed by atoms with E-state index in [1.165, 1.54) is 7.11 Å². The summed E-state index contributed by atoms with van der Waals surface area (Å²) >= 11 is 0. The van der Waals surface area contributed by atoms with Crippen LogP contribution in [-0.4, -0.2) is 37.0 Å². The second kappa shape index (κ2) is 8.92. The molecule has 1 aromatic rings. The predicted octanol–water partition coefficient (Wildman–Crippen LogP) is 1.51. The Morgan fingerprint density at radius 2 is 1.65 bits per heavy atom. The van der Waals surface area contributed by atoms with Gasteiger partial charge in [-0.1, -0.05) is 32.0 Å². The Hall–Kier alpha value is -2.37. The fraction of sp³-hybridized carbons (Fsp3) is 0.471. The Labute approximate surface area is 136 Å². The van der Waals surface area contributed by atoms with E-state index in [2.05, 4.69) is 10.6 Å². The summed E-state index contributed by atoms with van der Waals surface area (Å²) in [6.07, 6.45) is 0.470. The van der Waals surface area contributed by atoms with Crippen LogP contribution in [0.4, 0.5) is 0 Å². The molecule has 126 valence electrons. The van der Waals surface area contributed by atoms with Crippen molar-refractivity contribution in [3.05, 3.63) is 35.9 Å². The van der Waals surface area contributed by atoms with Gasteiger partial charge < -0.3 is 15.4 Å². The normalized spacial score (nSPS) is 13.1. The molecule has 2 N–H and O–H groups in total. The second-order valence-electron chi connectivity index (χ2n) is 5.78. The maximum Gasteiger partial charge on any atom is 0.328 e. The molecule has 0 aliphatic carbocycles. The van der Waals surface area contributed by atoms with E-state index < -0.39 is 24.0 Å². The number of hydrogen-bond donors (Lipinski definition) is 2. The molecule has 0 fully saturated rings. The number of hydrogen-bond acceptors (Lipinski definition) is 4. The smallest absolute Gasteiger partial charge is 0.328 e. The van der Waals surface area contributed by atoms with Crippen molar-refractivity contribution in [2.45, 2.75) is 39.3 Å². The van der Waals surface area contributed by atoms with Gasteiger partial charge in [-0.2, -0.15) is 0 Å². The van der Waals surface area contributed by atoms with Crippen molar-refractivity contribution in [1.82, 2.24) is 10.6 Å². The van der Waals surface area contributed by atoms with Crippen molar-refractivity contribution >= 4 is 17.8 Å². The molecule has 23 heavy (non-hydrogen) atoms. The van der Waals surface area contributed by atoms with E-state index in [9.17, 15) is 14.4 Å². The van der Waals surface area contributed by atoms with Gasteiger partial charge in [-0.25, -0.2) is 4.79 Å². The first-order chi connectivity index (χ1) is 10.8. The Morgan fingerprint density at radius 1 is 1.04 bits per heavy atom. The Morgan fingerprint density at radius 3 is 2.17 bits per heavy atom. The highest BCUT2D eigenvalue weighted by molar-refractivity contribution is 5.97. The quantitative estimate of drug-likeness (QED) is 0.746. The number of esters is 1. The van der Waals surface area contributed by atoms with Crippen molar-refractivity contribution in [2.75, 3.05) is 7.11 Å². The lowest BCUT2D eigenvalue weighted by molar-refractivity contribution is -0.145. The van der Waals surface area contributed by atoms with Crippen LogP contribution in [0, 0.1) is 5.92 Å². The number of nitrogens with one attached hydrogen (secondary N) is 2. The van der Waals surface area contributed by atoms with Crippen molar-refractivity contribution in [3.63, 3.8) is 0 Å². The minimum Gasteiger partial charge on any atom is -0.467 e. The molecule has 1 aromatic carbocycles. The Kier molecular flexibility index (Phi) is 7.25. The lowest BCUT2D eigenvalue weighted by atomic mass is 10.0. The number of carbonyl (C=O) groups is 3. The van der Waals surface area contributed by atoms with Gasteiger partial charge in [0.05, 0.1) is 7.11 Å². The van der Waals surface area contributed by atoms with Gasteiger partial charge >= 0.3 is 5.97 Å². The average Bonchev–Trinajstić information content (AvgIpc) is 2.53. The number of methoxy groups -OCH3 is 1. The molecule has 0 aliphatic heterocycles. The van der Waals surface area contributed by atoms with E-state index >= 15 is 0 Å². The molecule has 0 aliphatic rings. The summed E-state index contributed by atoms with van der Waals surface area (Å²) in [5.74, 6) is -1.04. The van der Waals surface area contributed by atoms with Gasteiger partial charge in [0.2, 0.25) is 5.91 Å². The molecular formula is C17H24N2O4. The van der Waals surface area contributed by atoms with Gasteiger partial charge in [-0.15, -0.1) is 0 Å². The SMILES string of the molecule is COC(=O)[C@H](CC(C)C)NC(=O)[C@H](C)NC(=O)c1ccccc1. The molecule has 1 rings (SSSR count). The topological polar surface area (TPSA) is 84.5 Å². The van der Waals surface area contributed by atoms with Gasteiger partial charge in [-0.3, -0.25) is 9.59 Å². The number of carbonyl (C=O) groups excluding carboxylic acids is 3. The molecule has 6 nitrogen and oxygen atoms in total. The summed E-state index contributed by atoms with van der Waals surface area (Å²) in [5, 5.41) is 5.24. The summed E-state index contributed by atoms with van der Waals surface area (Å²) in [6.45, 7) is 5.46. The first-order valence-electron chi connectivity index (χ1n) is 7.59. The third kappa shape index (κ3) is 6.10. The highest BCUT2D eigenvalue weighted by Crippen LogP contribution is 2.07. The minimum absolute atomic E-state index is 0.216. The van der Waals surface area contributed by atoms with E-state index in [0.717, 1.165) is 0 Å². The summed E-state index contributed by atoms with van der Waals surface area (Å²) in [4.78, 5) is 35.9. The van der Waals surface area contributed by atoms with Gasteiger partial charge in [0.15, 0.2) is 0 Å². The van der Waals surface area contributed by atoms with Crippen LogP contribution in [0.15, 0.2) is 30.3 Å². The fourth-order valence-corrected chi connectivity index (χ4v) is 2.06. The first-order valence-corrected chi connectivity index (χ1v) is 7.59. The number of amides is 2. The van der Waals surface area contributed by atoms with Crippen LogP contribution in [-0.2, 0) is 14.3 Å². The standard InChI is InChI=1S/C17H24N2O4/c1-11(2)10-14(17(22)23-4)19-15(20)12(3)18-16(21)13-8-6-5-7-9-13/h5-9,11-12,14H,10H2,1-4H3,(H,18,21)(H,19,20)/t12-,14-/m0/s1. The highest BCUT2D eigenvalue weighted by Gasteiger charge is 2.25. The van der Waals surface area contributed by atoms with Crippen molar-refractivity contribution in [2.24, 2.45) is 5.92 Å². The summed E-state index contributed by atoms with van der Waals surface area (Å²) < 4.78 is 4.70. The molecule has 6 heteroatoms. The zero-order valence-electron chi connectivity index (χ0n) is 14.0. The van der Waals surface area contributed by atoms with Crippen molar-refractivity contribution < 1.29 is 19.1 Å². The van der Waals surface area contributed by atoms with Crippen LogP contribution in [0.5, 0.6) is 0 Å². The largest absolute Gasteiger partial charge is 0.467 e. The lowest BCUT2D eigenvalue weighted by Crippen LogP contribution is -2.51. The van der Waals surface area contributed by atoms with Crippen LogP contribution in [0.25, 0.3) is 0 Å². The molecular weight excluding hydrogens is 296 g/mol. The fourth-order valence-electron chi connectivity index (χ4n) is 2.06. The lowest BCUT2D eigenvalue weighted by Gasteiger charge is -2.21. The molecule has 0 unspecified atom stereocenters. The maximum atomic E-state index is 12.2. The third-order valence-electron chi connectivity index (χ3n) is 3.29. The molecule has 0 radical (unpaired) electrons. The number of benzene rings is 1. The van der Waals surface area contributed by atoms with E-state index in [0.29, 0.717) is 12.0 Å². The molecule has 0 saturated heterocycles. The zero-order valence-corrected chi connectivity index (χ0v) is 14.0. The Bertz CT molecular complexity index is 543. The maximum absolute atomic E-state index is 12.2. The average molecular weight is 320 g/mol. The van der Waals surface area contributed by atoms with Gasteiger partial charge in [0.25, 0.3) is 5.91 Å². The molecule has 0 spiro atoms. The second-order valence-corrected chi connectivity index (χ2v) is 5.78. The van der Waals surface area contributed by atoms with Crippen LogP contribution in [0.1, 0.15) is 37.6 Å². The number of ether oxygens (including phenoxy) is 1. The van der Waals surface area contributed by atoms with E-state index in [-0.39, 0.29) is 11.8 Å². The van der Waals surface area contributed by atoms with Crippen LogP contribution in [0.2, 0.25) is 0 Å². The first kappa shape index (κ1) is 18.7. The van der Waals surface area contributed by atoms with E-state index in [1.54, 1.807) is 37.3 Å². The molecule has 2 amide bonds. The van der Waals surface area contributed by atoms with Crippen molar-refractivity contribution in [3.8, 4) is 0 Å². The van der Waals surface area contributed by atoms with E-state index in [4.69, 9.17) is 4.74 Å². The molecule has 0 heterocycles. The summed E-state index contributed by atoms with van der Waals surface area (Å²) in [7, 11) is 1.28. The van der Waals surface area contributed by atoms with Gasteiger partial charge in [-0.05, 0) is 31.4 Å². The molecule has 0 aromatic heterocycles. The van der Waals surface area contributed by atoms with Crippen molar-refractivity contribution in [1.29, 1.82) is 0 Å². The zero-order chi connectivity index (χ0) is 17.4. The monoisotopic (exact) mass is 320 g/mol. The van der Waals surface area contributed by atoms with Crippen LogP contribution in [0.3, 0.4) is 0 Å². The molecule has 0 saturated carbocycles. The van der Waals surface area contributed by atoms with Crippen LogP contribution >= 0.6 is 0 Å². The van der Waals surface area contributed by atoms with Gasteiger partial charge in [0.1, 0.15) is 12.1 Å². The van der Waals surface area contributed by atoms with Crippen LogP contribution < -0.4 is 10.6 Å². The summed E-state index contributed by atoms with van der Waals surface area (Å²) in [5.41, 5.74) is 0.471. The summed E-state index contributed by atoms with van der Waals surface area (Å²) in [6, 6.07) is 7.14.